The number of imidazole rings is 2. The summed E-state index contributed by atoms with van der Waals surface area (Å²) < 4.78 is 57.4. The van der Waals surface area contributed by atoms with Gasteiger partial charge in [-0.1, -0.05) is 0 Å². The van der Waals surface area contributed by atoms with Crippen LogP contribution in [0.3, 0.4) is 0 Å². The molecule has 0 aliphatic carbocycles. The number of nitrogens with two attached hydrogens (primary N) is 2. The number of aliphatic hydroxyl groups excluding tert-OH is 1. The first-order valence-electron chi connectivity index (χ1n) is 12.7. The fourth-order valence-corrected chi connectivity index (χ4v) is 6.91. The van der Waals surface area contributed by atoms with Crippen molar-refractivity contribution >= 4 is 60.9 Å². The minimum atomic E-state index is -4.18. The molecule has 44 heavy (non-hydrogen) atoms. The summed E-state index contributed by atoms with van der Waals surface area (Å²) in [6.07, 6.45) is -5.74. The summed E-state index contributed by atoms with van der Waals surface area (Å²) in [4.78, 5) is 55.0. The Labute approximate surface area is 250 Å². The lowest BCUT2D eigenvalue weighted by atomic mass is 10.1. The highest BCUT2D eigenvalue weighted by molar-refractivity contribution is 8.07. The van der Waals surface area contributed by atoms with Crippen molar-refractivity contribution in [2.24, 2.45) is 0 Å². The van der Waals surface area contributed by atoms with Crippen LogP contribution in [-0.2, 0) is 39.4 Å². The van der Waals surface area contributed by atoms with Gasteiger partial charge < -0.3 is 40.0 Å². The van der Waals surface area contributed by atoms with Crippen LogP contribution in [0.1, 0.15) is 18.9 Å². The highest BCUT2D eigenvalue weighted by atomic mass is 32.5. The topological polar surface area (TPSA) is 283 Å². The van der Waals surface area contributed by atoms with Gasteiger partial charge in [0.2, 0.25) is 5.95 Å². The molecule has 6 heterocycles. The van der Waals surface area contributed by atoms with E-state index >= 15 is 4.39 Å². The zero-order valence-electron chi connectivity index (χ0n) is 22.1. The predicted octanol–water partition coefficient (Wildman–Crippen LogP) is -0.707. The Kier molecular flexibility index (Phi) is 8.41. The first-order valence-corrected chi connectivity index (χ1v) is 16.4. The standard InChI is InChI=1S/C20H23FN10O10P2S/c21-10-13(40-42(34)35)9(39-19(10)30-5-26-11-14(22)24-4-25-15(11)30)3-37-43(36,44)41-8-1-7(2-32)38-18(8)31-6-27-12-16(31)28-20(23)29-17(12)33/h4-10,13,18-19,32H,1-3H2,(H6-,22,23,24,25,28,29,33,34,35,36,44)/p+1/t7-,8+,9+,10-,13+,18+,19+,43?/m0/s1. The number of aromatic nitrogens is 8. The van der Waals surface area contributed by atoms with Crippen molar-refractivity contribution in [3.63, 3.8) is 0 Å². The van der Waals surface area contributed by atoms with Crippen molar-refractivity contribution in [2.45, 2.75) is 49.5 Å². The molecule has 9 atom stereocenters. The van der Waals surface area contributed by atoms with Crippen LogP contribution >= 0.6 is 15.0 Å². The number of ether oxygens (including phenoxy) is 2. The first kappa shape index (κ1) is 30.9. The Morgan fingerprint density at radius 1 is 1.16 bits per heavy atom. The number of fused-ring (bicyclic) bond motifs is 2. The minimum absolute atomic E-state index is 0.0335. The highest BCUT2D eigenvalue weighted by Crippen LogP contribution is 2.50. The Morgan fingerprint density at radius 3 is 2.61 bits per heavy atom. The molecule has 236 valence electrons. The van der Waals surface area contributed by atoms with Crippen LogP contribution < -0.4 is 17.0 Å². The maximum atomic E-state index is 15.6. The molecule has 0 aromatic carbocycles. The summed E-state index contributed by atoms with van der Waals surface area (Å²) in [6, 6.07) is 0. The fraction of sp³-hybridized carbons (Fsp3) is 0.500. The predicted molar refractivity (Wildman–Crippen MR) is 149 cm³/mol. The fourth-order valence-electron chi connectivity index (χ4n) is 5.01. The number of rotatable bonds is 10. The van der Waals surface area contributed by atoms with Gasteiger partial charge in [-0.05, 0) is 11.8 Å². The monoisotopic (exact) mass is 677 g/mol. The third kappa shape index (κ3) is 5.82. The quantitative estimate of drug-likeness (QED) is 0.113. The van der Waals surface area contributed by atoms with E-state index in [-0.39, 0.29) is 40.5 Å². The van der Waals surface area contributed by atoms with Gasteiger partial charge in [0, 0.05) is 11.0 Å². The number of nitrogens with zero attached hydrogens (tertiary/aromatic N) is 7. The average Bonchev–Trinajstić information content (AvgIpc) is 3.73. The summed E-state index contributed by atoms with van der Waals surface area (Å²) in [7, 11) is -3.28. The number of alkyl halides is 1. The average molecular weight is 677 g/mol. The van der Waals surface area contributed by atoms with Gasteiger partial charge in [0.25, 0.3) is 5.56 Å². The van der Waals surface area contributed by atoms with E-state index in [1.807, 2.05) is 0 Å². The van der Waals surface area contributed by atoms with Crippen LogP contribution in [0.5, 0.6) is 0 Å². The number of aliphatic hydroxyl groups is 1. The number of H-pyrrole nitrogens is 1. The molecule has 0 spiro atoms. The Balaban J connectivity index is 1.20. The number of hydrogen-bond donors (Lipinski definition) is 6. The van der Waals surface area contributed by atoms with E-state index in [0.29, 0.717) is 0 Å². The smallest absolute Gasteiger partial charge is 0.394 e. The molecule has 20 nitrogen and oxygen atoms in total. The summed E-state index contributed by atoms with van der Waals surface area (Å²) >= 11 is 5.20. The van der Waals surface area contributed by atoms with Crippen LogP contribution in [0.4, 0.5) is 16.2 Å². The Morgan fingerprint density at radius 2 is 1.89 bits per heavy atom. The molecule has 8 N–H and O–H groups in total. The lowest BCUT2D eigenvalue weighted by Gasteiger charge is -2.25. The van der Waals surface area contributed by atoms with Crippen molar-refractivity contribution in [2.75, 3.05) is 24.7 Å². The van der Waals surface area contributed by atoms with E-state index in [0.717, 1.165) is 6.33 Å². The molecular weight excluding hydrogens is 653 g/mol. The number of anilines is 2. The molecule has 0 saturated carbocycles. The van der Waals surface area contributed by atoms with Crippen LogP contribution in [0.15, 0.2) is 23.8 Å². The van der Waals surface area contributed by atoms with Gasteiger partial charge in [-0.2, -0.15) is 4.98 Å². The van der Waals surface area contributed by atoms with Crippen molar-refractivity contribution < 1.29 is 46.9 Å². The van der Waals surface area contributed by atoms with Gasteiger partial charge in [0.1, 0.15) is 24.1 Å². The molecule has 4 aromatic heterocycles. The Hall–Kier alpha value is -3.14. The van der Waals surface area contributed by atoms with Gasteiger partial charge in [0.15, 0.2) is 47.4 Å². The molecular formula is C20H24FN10O10P2S+. The molecule has 2 saturated heterocycles. The first-order chi connectivity index (χ1) is 21.0. The van der Waals surface area contributed by atoms with Crippen LogP contribution in [0, 0.1) is 0 Å². The van der Waals surface area contributed by atoms with Gasteiger partial charge in [0.05, 0.1) is 32.0 Å². The maximum Gasteiger partial charge on any atom is 0.695 e. The van der Waals surface area contributed by atoms with E-state index in [2.05, 4.69) is 29.9 Å². The molecule has 0 radical (unpaired) electrons. The maximum absolute atomic E-state index is 15.6. The van der Waals surface area contributed by atoms with Crippen molar-refractivity contribution in [3.05, 3.63) is 29.3 Å². The molecule has 2 aliphatic heterocycles. The van der Waals surface area contributed by atoms with E-state index in [9.17, 15) is 24.3 Å². The van der Waals surface area contributed by atoms with Gasteiger partial charge in [-0.15, -0.1) is 9.42 Å². The van der Waals surface area contributed by atoms with Crippen LogP contribution in [-0.4, -0.2) is 97.7 Å². The summed E-state index contributed by atoms with van der Waals surface area (Å²) in [6.45, 7) is -5.23. The van der Waals surface area contributed by atoms with Crippen molar-refractivity contribution in [1.82, 2.24) is 39.0 Å². The van der Waals surface area contributed by atoms with Crippen molar-refractivity contribution in [1.29, 1.82) is 0 Å². The Bertz CT molecular complexity index is 1830. The number of nitrogens with one attached hydrogen (secondary N) is 1. The van der Waals surface area contributed by atoms with E-state index < -0.39 is 76.8 Å². The van der Waals surface area contributed by atoms with E-state index in [4.69, 9.17) is 46.3 Å². The van der Waals surface area contributed by atoms with Gasteiger partial charge >= 0.3 is 15.0 Å². The molecule has 0 bridgehead atoms. The normalized spacial score (nSPS) is 29.0. The number of nitrogen functional groups attached to an aromatic ring is 2. The van der Waals surface area contributed by atoms with E-state index in [1.165, 1.54) is 21.8 Å². The third-order valence-corrected chi connectivity index (χ3v) is 8.89. The molecule has 2 aliphatic rings. The third-order valence-electron chi connectivity index (χ3n) is 6.88. The van der Waals surface area contributed by atoms with Crippen LogP contribution in [0.25, 0.3) is 22.3 Å². The summed E-state index contributed by atoms with van der Waals surface area (Å²) in [5, 5.41) is 9.72. The largest absolute Gasteiger partial charge is 0.695 e. The lowest BCUT2D eigenvalue weighted by Crippen LogP contribution is -2.33. The highest BCUT2D eigenvalue weighted by Gasteiger charge is 2.52. The summed E-state index contributed by atoms with van der Waals surface area (Å²) in [5.41, 5.74) is 11.2. The number of hydrogen-bond acceptors (Lipinski definition) is 16. The van der Waals surface area contributed by atoms with Crippen LogP contribution in [0.2, 0.25) is 0 Å². The molecule has 4 aromatic rings. The second-order valence-corrected chi connectivity index (χ2v) is 13.1. The second kappa shape index (κ2) is 12.0. The molecule has 0 amide bonds. The lowest BCUT2D eigenvalue weighted by molar-refractivity contribution is -0.0541. The molecule has 2 unspecified atom stereocenters. The van der Waals surface area contributed by atoms with Gasteiger partial charge in [-0.25, -0.2) is 24.3 Å². The molecule has 6 rings (SSSR count). The molecule has 2 fully saturated rings. The number of aromatic amines is 1. The SMILES string of the molecule is Nc1nc2c(ncn2[C@@H]2O[C@H](CO)C[C@H]2OP(O)(=S)OC[C@H]2O[C@@H](n3cnc4c(N)ncnc43)[C@@H](F)[C@@H]2O[P+](=O)O)c(=O)[nH]1. The minimum Gasteiger partial charge on any atom is -0.394 e. The zero-order valence-corrected chi connectivity index (χ0v) is 24.7. The zero-order chi connectivity index (χ0) is 31.3. The molecule has 24 heteroatoms. The van der Waals surface area contributed by atoms with E-state index in [1.54, 1.807) is 0 Å². The second-order valence-electron chi connectivity index (χ2n) is 9.65. The van der Waals surface area contributed by atoms with Crippen molar-refractivity contribution in [3.8, 4) is 0 Å². The number of halogens is 1. The summed E-state index contributed by atoms with van der Waals surface area (Å²) in [5.74, 6) is -0.144. The van der Waals surface area contributed by atoms with Gasteiger partial charge in [-0.3, -0.25) is 18.9 Å².